The molecule has 2 amide bonds. The Kier molecular flexibility index (Phi) is 5.33. The van der Waals surface area contributed by atoms with Crippen LogP contribution < -0.4 is 9.64 Å². The molecule has 2 aliphatic heterocycles. The van der Waals surface area contributed by atoms with Crippen molar-refractivity contribution in [3.05, 3.63) is 64.3 Å². The lowest BCUT2D eigenvalue weighted by atomic mass is 10.0. The SMILES string of the molecule is CCOc1ccc(C2=C(N3CCCC3)C(=O)N(c3ccc(C)c(Cl)c3)C2=O)cc1. The van der Waals surface area contributed by atoms with E-state index in [2.05, 4.69) is 0 Å². The highest BCUT2D eigenvalue weighted by Crippen LogP contribution is 2.37. The minimum Gasteiger partial charge on any atom is -0.494 e. The van der Waals surface area contributed by atoms with Crippen molar-refractivity contribution in [1.82, 2.24) is 4.90 Å². The van der Waals surface area contributed by atoms with Crippen molar-refractivity contribution >= 4 is 34.7 Å². The Morgan fingerprint density at radius 3 is 2.31 bits per heavy atom. The van der Waals surface area contributed by atoms with Gasteiger partial charge in [-0.3, -0.25) is 9.59 Å². The minimum absolute atomic E-state index is 0.291. The fourth-order valence-electron chi connectivity index (χ4n) is 3.85. The Morgan fingerprint density at radius 2 is 1.69 bits per heavy atom. The standard InChI is InChI=1S/C23H23ClN2O3/c1-3-29-18-10-7-16(8-11-18)20-21(25-12-4-5-13-25)23(28)26(22(20)27)17-9-6-15(2)19(24)14-17/h6-11,14H,3-5,12-13H2,1-2H3. The van der Waals surface area contributed by atoms with Gasteiger partial charge < -0.3 is 9.64 Å². The summed E-state index contributed by atoms with van der Waals surface area (Å²) >= 11 is 6.26. The molecular weight excluding hydrogens is 388 g/mol. The van der Waals surface area contributed by atoms with Crippen LogP contribution in [0.4, 0.5) is 5.69 Å². The monoisotopic (exact) mass is 410 g/mol. The molecule has 0 spiro atoms. The van der Waals surface area contributed by atoms with Gasteiger partial charge in [0.05, 0.1) is 17.9 Å². The molecule has 5 nitrogen and oxygen atoms in total. The summed E-state index contributed by atoms with van der Waals surface area (Å²) in [6.45, 7) is 5.93. The predicted octanol–water partition coefficient (Wildman–Crippen LogP) is 4.43. The molecule has 6 heteroatoms. The van der Waals surface area contributed by atoms with Crippen molar-refractivity contribution in [2.75, 3.05) is 24.6 Å². The van der Waals surface area contributed by atoms with E-state index in [0.717, 1.165) is 42.8 Å². The summed E-state index contributed by atoms with van der Waals surface area (Å²) in [5.74, 6) is 0.125. The van der Waals surface area contributed by atoms with Gasteiger partial charge in [-0.05, 0) is 62.1 Å². The first-order valence-corrected chi connectivity index (χ1v) is 10.3. The van der Waals surface area contributed by atoms with Crippen LogP contribution in [0.5, 0.6) is 5.75 Å². The highest BCUT2D eigenvalue weighted by molar-refractivity contribution is 6.45. The topological polar surface area (TPSA) is 49.9 Å². The third-order valence-electron chi connectivity index (χ3n) is 5.35. The number of carbonyl (C=O) groups excluding carboxylic acids is 2. The first-order chi connectivity index (χ1) is 14.0. The molecule has 0 atom stereocenters. The van der Waals surface area contributed by atoms with Crippen LogP contribution >= 0.6 is 11.6 Å². The highest BCUT2D eigenvalue weighted by Gasteiger charge is 2.43. The third kappa shape index (κ3) is 3.51. The molecule has 0 bridgehead atoms. The molecule has 0 N–H and O–H groups in total. The number of halogens is 1. The molecule has 0 aromatic heterocycles. The minimum atomic E-state index is -0.319. The van der Waals surface area contributed by atoms with Crippen LogP contribution in [0.3, 0.4) is 0 Å². The number of likely N-dealkylation sites (tertiary alicyclic amines) is 1. The summed E-state index contributed by atoms with van der Waals surface area (Å²) in [6, 6.07) is 12.6. The number of ether oxygens (including phenoxy) is 1. The molecule has 150 valence electrons. The van der Waals surface area contributed by atoms with E-state index in [0.29, 0.717) is 28.6 Å². The van der Waals surface area contributed by atoms with Crippen molar-refractivity contribution in [2.24, 2.45) is 0 Å². The van der Waals surface area contributed by atoms with Crippen LogP contribution in [-0.2, 0) is 9.59 Å². The number of imide groups is 1. The second kappa shape index (κ2) is 7.91. The number of hydrogen-bond acceptors (Lipinski definition) is 4. The quantitative estimate of drug-likeness (QED) is 0.684. The van der Waals surface area contributed by atoms with Gasteiger partial charge >= 0.3 is 0 Å². The molecule has 0 aliphatic carbocycles. The van der Waals surface area contributed by atoms with Gasteiger partial charge in [-0.25, -0.2) is 4.90 Å². The number of nitrogens with zero attached hydrogens (tertiary/aromatic N) is 2. The summed E-state index contributed by atoms with van der Waals surface area (Å²) < 4.78 is 5.51. The largest absolute Gasteiger partial charge is 0.494 e. The van der Waals surface area contributed by atoms with Gasteiger partial charge in [0, 0.05) is 18.1 Å². The van der Waals surface area contributed by atoms with Crippen LogP contribution in [0.25, 0.3) is 5.57 Å². The van der Waals surface area contributed by atoms with Gasteiger partial charge in [0.15, 0.2) is 0 Å². The average Bonchev–Trinajstić information content (AvgIpc) is 3.31. The number of rotatable bonds is 5. The number of hydrogen-bond donors (Lipinski definition) is 0. The van der Waals surface area contributed by atoms with E-state index in [-0.39, 0.29) is 11.8 Å². The van der Waals surface area contributed by atoms with E-state index in [1.54, 1.807) is 12.1 Å². The van der Waals surface area contributed by atoms with Crippen molar-refractivity contribution in [3.8, 4) is 5.75 Å². The number of anilines is 1. The molecular formula is C23H23ClN2O3. The molecule has 0 unspecified atom stereocenters. The average molecular weight is 411 g/mol. The molecule has 1 fully saturated rings. The Balaban J connectivity index is 1.78. The van der Waals surface area contributed by atoms with Gasteiger partial charge in [0.2, 0.25) is 0 Å². The van der Waals surface area contributed by atoms with Crippen molar-refractivity contribution in [1.29, 1.82) is 0 Å². The number of amides is 2. The fraction of sp³-hybridized carbons (Fsp3) is 0.304. The van der Waals surface area contributed by atoms with E-state index in [1.165, 1.54) is 4.90 Å². The van der Waals surface area contributed by atoms with Crippen LogP contribution in [0.1, 0.15) is 30.9 Å². The lowest BCUT2D eigenvalue weighted by molar-refractivity contribution is -0.120. The van der Waals surface area contributed by atoms with Gasteiger partial charge in [-0.2, -0.15) is 0 Å². The van der Waals surface area contributed by atoms with Crippen molar-refractivity contribution < 1.29 is 14.3 Å². The Morgan fingerprint density at radius 1 is 1.00 bits per heavy atom. The van der Waals surface area contributed by atoms with Crippen LogP contribution in [0, 0.1) is 6.92 Å². The van der Waals surface area contributed by atoms with E-state index in [4.69, 9.17) is 16.3 Å². The zero-order valence-corrected chi connectivity index (χ0v) is 17.3. The molecule has 4 rings (SSSR count). The van der Waals surface area contributed by atoms with E-state index < -0.39 is 0 Å². The summed E-state index contributed by atoms with van der Waals surface area (Å²) in [6.07, 6.45) is 2.02. The van der Waals surface area contributed by atoms with E-state index >= 15 is 0 Å². The second-order valence-corrected chi connectivity index (χ2v) is 7.66. The molecule has 2 aliphatic rings. The summed E-state index contributed by atoms with van der Waals surface area (Å²) in [4.78, 5) is 30.1. The van der Waals surface area contributed by atoms with Gasteiger partial charge in [-0.15, -0.1) is 0 Å². The second-order valence-electron chi connectivity index (χ2n) is 7.25. The molecule has 2 aromatic carbocycles. The lowest BCUT2D eigenvalue weighted by Gasteiger charge is -2.20. The maximum Gasteiger partial charge on any atom is 0.282 e. The zero-order valence-electron chi connectivity index (χ0n) is 16.6. The zero-order chi connectivity index (χ0) is 20.5. The lowest BCUT2D eigenvalue weighted by Crippen LogP contribution is -2.34. The van der Waals surface area contributed by atoms with Gasteiger partial charge in [0.25, 0.3) is 11.8 Å². The summed E-state index contributed by atoms with van der Waals surface area (Å²) in [5.41, 5.74) is 3.03. The van der Waals surface area contributed by atoms with Crippen LogP contribution in [0.15, 0.2) is 48.2 Å². The molecule has 1 saturated heterocycles. The van der Waals surface area contributed by atoms with Crippen molar-refractivity contribution in [2.45, 2.75) is 26.7 Å². The smallest absolute Gasteiger partial charge is 0.282 e. The number of aryl methyl sites for hydroxylation is 1. The summed E-state index contributed by atoms with van der Waals surface area (Å²) in [7, 11) is 0. The van der Waals surface area contributed by atoms with E-state index in [1.807, 2.05) is 49.1 Å². The fourth-order valence-corrected chi connectivity index (χ4v) is 4.03. The van der Waals surface area contributed by atoms with Gasteiger partial charge in [0.1, 0.15) is 11.4 Å². The van der Waals surface area contributed by atoms with Crippen LogP contribution in [-0.4, -0.2) is 36.4 Å². The maximum absolute atomic E-state index is 13.4. The van der Waals surface area contributed by atoms with Crippen LogP contribution in [0.2, 0.25) is 5.02 Å². The number of carbonyl (C=O) groups is 2. The first-order valence-electron chi connectivity index (χ1n) is 9.88. The normalized spacial score (nSPS) is 16.9. The van der Waals surface area contributed by atoms with Gasteiger partial charge in [-0.1, -0.05) is 29.8 Å². The molecule has 2 aromatic rings. The Bertz CT molecular complexity index is 992. The molecule has 0 radical (unpaired) electrons. The molecule has 0 saturated carbocycles. The number of benzene rings is 2. The predicted molar refractivity (Wildman–Crippen MR) is 114 cm³/mol. The summed E-state index contributed by atoms with van der Waals surface area (Å²) in [5, 5.41) is 0.528. The Hall–Kier alpha value is -2.79. The van der Waals surface area contributed by atoms with E-state index in [9.17, 15) is 9.59 Å². The molecule has 29 heavy (non-hydrogen) atoms. The maximum atomic E-state index is 13.4. The molecule has 2 heterocycles. The Labute approximate surface area is 175 Å². The van der Waals surface area contributed by atoms with Crippen molar-refractivity contribution in [3.63, 3.8) is 0 Å². The third-order valence-corrected chi connectivity index (χ3v) is 5.76. The highest BCUT2D eigenvalue weighted by atomic mass is 35.5. The first kappa shape index (κ1) is 19.5.